The number of aromatic hydroxyl groups is 1. The largest absolute Gasteiger partial charge is 0.508 e. The van der Waals surface area contributed by atoms with E-state index in [1.807, 2.05) is 41.3 Å². The van der Waals surface area contributed by atoms with Crippen molar-refractivity contribution in [1.29, 1.82) is 0 Å². The quantitative estimate of drug-likeness (QED) is 0.522. The topological polar surface area (TPSA) is 88.5 Å². The van der Waals surface area contributed by atoms with Gasteiger partial charge in [-0.15, -0.1) is 0 Å². The van der Waals surface area contributed by atoms with E-state index < -0.39 is 11.5 Å². The van der Waals surface area contributed by atoms with Gasteiger partial charge in [-0.3, -0.25) is 9.59 Å². The number of likely N-dealkylation sites (N-methyl/N-ethyl adjacent to an activating group) is 1. The van der Waals surface area contributed by atoms with Crippen LogP contribution in [0.4, 0.5) is 0 Å². The molecule has 0 aromatic heterocycles. The minimum Gasteiger partial charge on any atom is -0.508 e. The molecule has 2 aliphatic heterocycles. The lowest BCUT2D eigenvalue weighted by Gasteiger charge is -2.50. The molecule has 178 valence electrons. The van der Waals surface area contributed by atoms with Crippen LogP contribution in [0, 0.1) is 0 Å². The maximum absolute atomic E-state index is 14.2. The van der Waals surface area contributed by atoms with E-state index in [-0.39, 0.29) is 24.6 Å². The van der Waals surface area contributed by atoms with Gasteiger partial charge in [-0.25, -0.2) is 0 Å². The zero-order valence-electron chi connectivity index (χ0n) is 19.3. The van der Waals surface area contributed by atoms with Crippen LogP contribution in [0.1, 0.15) is 23.1 Å². The maximum Gasteiger partial charge on any atom is 0.239 e. The number of ether oxygens (including phenoxy) is 3. The molecule has 0 radical (unpaired) electrons. The van der Waals surface area contributed by atoms with Gasteiger partial charge in [-0.1, -0.05) is 24.3 Å². The Balaban J connectivity index is 1.59. The Hall–Kier alpha value is -3.52. The van der Waals surface area contributed by atoms with E-state index in [0.717, 1.165) is 23.1 Å². The van der Waals surface area contributed by atoms with Crippen molar-refractivity contribution in [2.45, 2.75) is 36.9 Å². The van der Waals surface area contributed by atoms with Crippen LogP contribution >= 0.6 is 0 Å². The molecule has 8 heteroatoms. The number of amides is 2. The van der Waals surface area contributed by atoms with Gasteiger partial charge in [0.2, 0.25) is 19.1 Å². The molecule has 2 aromatic carbocycles. The zero-order chi connectivity index (χ0) is 23.9. The van der Waals surface area contributed by atoms with Crippen molar-refractivity contribution in [3.8, 4) is 17.2 Å². The minimum absolute atomic E-state index is 0.0536. The Morgan fingerprint density at radius 3 is 2.68 bits per heavy atom. The number of hydrogen-bond donors (Lipinski definition) is 1. The number of carbonyl (C=O) groups is 2. The third-order valence-electron chi connectivity index (χ3n) is 7.17. The van der Waals surface area contributed by atoms with E-state index in [1.54, 1.807) is 31.2 Å². The number of phenolic OH excluding ortho intramolecular Hbond substituents is 1. The summed E-state index contributed by atoms with van der Waals surface area (Å²) in [5.74, 6) is 1.43. The summed E-state index contributed by atoms with van der Waals surface area (Å²) in [6.45, 7) is 1.07. The molecule has 0 fully saturated rings. The molecule has 34 heavy (non-hydrogen) atoms. The first kappa shape index (κ1) is 22.3. The van der Waals surface area contributed by atoms with Crippen LogP contribution in [0.2, 0.25) is 0 Å². The highest BCUT2D eigenvalue weighted by molar-refractivity contribution is 5.94. The number of hydrogen-bond acceptors (Lipinski definition) is 6. The van der Waals surface area contributed by atoms with Gasteiger partial charge >= 0.3 is 0 Å². The van der Waals surface area contributed by atoms with Gasteiger partial charge < -0.3 is 29.1 Å². The van der Waals surface area contributed by atoms with Crippen molar-refractivity contribution in [3.63, 3.8) is 0 Å². The van der Waals surface area contributed by atoms with Gasteiger partial charge in [0, 0.05) is 27.2 Å². The van der Waals surface area contributed by atoms with Crippen LogP contribution in [0.5, 0.6) is 17.2 Å². The molecule has 0 saturated carbocycles. The Kier molecular flexibility index (Phi) is 5.69. The number of fused-ring (bicyclic) bond motifs is 3. The lowest BCUT2D eigenvalue weighted by Crippen LogP contribution is -2.62. The van der Waals surface area contributed by atoms with E-state index in [4.69, 9.17) is 14.2 Å². The van der Waals surface area contributed by atoms with Gasteiger partial charge in [0.1, 0.15) is 11.2 Å². The van der Waals surface area contributed by atoms with Crippen LogP contribution in [-0.2, 0) is 32.7 Å². The van der Waals surface area contributed by atoms with Crippen LogP contribution in [0.3, 0.4) is 0 Å². The predicted molar refractivity (Wildman–Crippen MR) is 124 cm³/mol. The monoisotopic (exact) mass is 464 g/mol. The summed E-state index contributed by atoms with van der Waals surface area (Å²) < 4.78 is 16.8. The second kappa shape index (κ2) is 8.68. The fraction of sp³-hybridized carbons (Fsp3) is 0.385. The van der Waals surface area contributed by atoms with Crippen LogP contribution in [0.15, 0.2) is 48.6 Å². The van der Waals surface area contributed by atoms with Gasteiger partial charge in [-0.2, -0.15) is 0 Å². The average molecular weight is 465 g/mol. The van der Waals surface area contributed by atoms with Crippen LogP contribution < -0.4 is 9.47 Å². The number of rotatable bonds is 6. The Labute approximate surface area is 198 Å². The first-order valence-corrected chi connectivity index (χ1v) is 11.4. The molecule has 1 aliphatic carbocycles. The zero-order valence-corrected chi connectivity index (χ0v) is 19.3. The van der Waals surface area contributed by atoms with Gasteiger partial charge in [-0.05, 0) is 53.8 Å². The molecule has 2 aromatic rings. The molecule has 0 unspecified atom stereocenters. The van der Waals surface area contributed by atoms with E-state index >= 15 is 0 Å². The predicted octanol–water partition coefficient (Wildman–Crippen LogP) is 2.38. The molecule has 1 N–H and O–H groups in total. The molecule has 0 saturated heterocycles. The third kappa shape index (κ3) is 3.58. The first-order valence-electron chi connectivity index (χ1n) is 11.4. The Morgan fingerprint density at radius 2 is 1.97 bits per heavy atom. The summed E-state index contributed by atoms with van der Waals surface area (Å²) in [7, 11) is 3.34. The molecule has 5 rings (SSSR count). The molecule has 1 spiro atoms. The van der Waals surface area contributed by atoms with Gasteiger partial charge in [0.15, 0.2) is 11.5 Å². The van der Waals surface area contributed by atoms with Gasteiger partial charge in [0.05, 0.1) is 12.1 Å². The molecule has 3 atom stereocenters. The summed E-state index contributed by atoms with van der Waals surface area (Å²) in [6.07, 6.45) is 5.54. The summed E-state index contributed by atoms with van der Waals surface area (Å²) in [5.41, 5.74) is 1.77. The number of carbonyl (C=O) groups excluding carboxylic acids is 2. The fourth-order valence-corrected chi connectivity index (χ4v) is 5.34. The standard InChI is InChI=1S/C26H28N2O6/c1-27(15-29)24-12-20(32-2)7-9-26(24)21-13-23-22(33-16-34-23)11-18(21)14-28(25(26)31)10-8-17-3-5-19(30)6-4-17/h3-7,9,11,13,15,20,24,30H,8,10,12,14,16H2,1-2H3/t20-,24-,26-/m0/s1. The van der Waals surface area contributed by atoms with Crippen molar-refractivity contribution < 1.29 is 28.9 Å². The minimum atomic E-state index is -1.06. The van der Waals surface area contributed by atoms with Crippen molar-refractivity contribution in [2.24, 2.45) is 0 Å². The Morgan fingerprint density at radius 1 is 1.24 bits per heavy atom. The van der Waals surface area contributed by atoms with Crippen LogP contribution in [0.25, 0.3) is 0 Å². The smallest absolute Gasteiger partial charge is 0.239 e. The summed E-state index contributed by atoms with van der Waals surface area (Å²) in [5, 5.41) is 9.58. The summed E-state index contributed by atoms with van der Waals surface area (Å²) in [6, 6.07) is 10.4. The van der Waals surface area contributed by atoms with Crippen molar-refractivity contribution in [3.05, 3.63) is 65.2 Å². The SMILES string of the molecule is CO[C@H]1C=C[C@@]2(C(=O)N(CCc3ccc(O)cc3)Cc3cc4c(cc32)OCO4)[C@@H](N(C)C=O)C1. The number of methoxy groups -OCH3 is 1. The molecule has 8 nitrogen and oxygen atoms in total. The van der Waals surface area contributed by atoms with E-state index in [0.29, 0.717) is 37.4 Å². The highest BCUT2D eigenvalue weighted by Crippen LogP contribution is 2.48. The average Bonchev–Trinajstić information content (AvgIpc) is 3.32. The van der Waals surface area contributed by atoms with Crippen LogP contribution in [-0.4, -0.2) is 66.9 Å². The molecular weight excluding hydrogens is 436 g/mol. The molecule has 2 heterocycles. The third-order valence-corrected chi connectivity index (χ3v) is 7.17. The van der Waals surface area contributed by atoms with Gasteiger partial charge in [0.25, 0.3) is 0 Å². The lowest BCUT2D eigenvalue weighted by molar-refractivity contribution is -0.142. The highest BCUT2D eigenvalue weighted by atomic mass is 16.7. The molecule has 3 aliphatic rings. The van der Waals surface area contributed by atoms with E-state index in [1.165, 1.54) is 0 Å². The maximum atomic E-state index is 14.2. The van der Waals surface area contributed by atoms with E-state index in [9.17, 15) is 14.7 Å². The van der Waals surface area contributed by atoms with Crippen molar-refractivity contribution in [2.75, 3.05) is 27.5 Å². The summed E-state index contributed by atoms with van der Waals surface area (Å²) >= 11 is 0. The first-order chi connectivity index (χ1) is 16.5. The lowest BCUT2D eigenvalue weighted by atomic mass is 9.64. The van der Waals surface area contributed by atoms with Crippen molar-refractivity contribution in [1.82, 2.24) is 9.80 Å². The Bertz CT molecular complexity index is 1130. The van der Waals surface area contributed by atoms with E-state index in [2.05, 4.69) is 0 Å². The normalized spacial score (nSPS) is 24.9. The molecule has 0 bridgehead atoms. The van der Waals surface area contributed by atoms with Crippen molar-refractivity contribution >= 4 is 12.3 Å². The molecular formula is C26H28N2O6. The number of phenols is 1. The number of benzene rings is 2. The summed E-state index contributed by atoms with van der Waals surface area (Å²) in [4.78, 5) is 29.6. The highest BCUT2D eigenvalue weighted by Gasteiger charge is 2.54. The second-order valence-corrected chi connectivity index (χ2v) is 9.03. The fourth-order valence-electron chi connectivity index (χ4n) is 5.34. The second-order valence-electron chi connectivity index (χ2n) is 9.03. The molecule has 2 amide bonds. The number of nitrogens with zero attached hydrogens (tertiary/aromatic N) is 2.